The first-order chi connectivity index (χ1) is 9.33. The van der Waals surface area contributed by atoms with Crippen molar-refractivity contribution in [3.63, 3.8) is 0 Å². The zero-order chi connectivity index (χ0) is 13.1. The van der Waals surface area contributed by atoms with Gasteiger partial charge in [0.1, 0.15) is 12.4 Å². The molecule has 0 fully saturated rings. The molecule has 4 heteroatoms. The SMILES string of the molecule is O=C(Nc1cccnc1)C1COc2ccccc2C1. The lowest BCUT2D eigenvalue weighted by molar-refractivity contribution is -0.121. The van der Waals surface area contributed by atoms with Crippen molar-refractivity contribution >= 4 is 11.6 Å². The number of aromatic nitrogens is 1. The van der Waals surface area contributed by atoms with Crippen LogP contribution in [0.25, 0.3) is 0 Å². The Bertz CT molecular complexity index is 584. The van der Waals surface area contributed by atoms with Crippen LogP contribution in [-0.4, -0.2) is 17.5 Å². The average Bonchev–Trinajstić information content (AvgIpc) is 2.48. The molecular formula is C15H14N2O2. The molecule has 0 saturated carbocycles. The molecule has 1 unspecified atom stereocenters. The maximum atomic E-state index is 12.2. The third-order valence-electron chi connectivity index (χ3n) is 3.18. The number of amides is 1. The quantitative estimate of drug-likeness (QED) is 0.894. The summed E-state index contributed by atoms with van der Waals surface area (Å²) in [7, 11) is 0. The van der Waals surface area contributed by atoms with Gasteiger partial charge in [0.15, 0.2) is 0 Å². The minimum absolute atomic E-state index is 0.0255. The number of para-hydroxylation sites is 1. The molecule has 3 rings (SSSR count). The fourth-order valence-corrected chi connectivity index (χ4v) is 2.18. The van der Waals surface area contributed by atoms with Crippen molar-refractivity contribution in [1.82, 2.24) is 4.98 Å². The Kier molecular flexibility index (Phi) is 3.14. The molecule has 96 valence electrons. The minimum atomic E-state index is -0.157. The summed E-state index contributed by atoms with van der Waals surface area (Å²) in [6.07, 6.45) is 4.02. The Balaban J connectivity index is 1.70. The number of ether oxygens (including phenoxy) is 1. The number of hydrogen-bond acceptors (Lipinski definition) is 3. The molecule has 1 N–H and O–H groups in total. The molecule has 1 amide bonds. The van der Waals surface area contributed by atoms with E-state index in [2.05, 4.69) is 10.3 Å². The summed E-state index contributed by atoms with van der Waals surface area (Å²) in [6.45, 7) is 0.420. The van der Waals surface area contributed by atoms with E-state index in [0.29, 0.717) is 18.7 Å². The van der Waals surface area contributed by atoms with E-state index in [1.807, 2.05) is 30.3 Å². The summed E-state index contributed by atoms with van der Waals surface area (Å²) in [5, 5.41) is 2.86. The number of carbonyl (C=O) groups excluding carboxylic acids is 1. The monoisotopic (exact) mass is 254 g/mol. The number of fused-ring (bicyclic) bond motifs is 1. The number of carbonyl (C=O) groups is 1. The van der Waals surface area contributed by atoms with Crippen molar-refractivity contribution in [2.45, 2.75) is 6.42 Å². The summed E-state index contributed by atoms with van der Waals surface area (Å²) in [4.78, 5) is 16.1. The Morgan fingerprint density at radius 2 is 2.16 bits per heavy atom. The summed E-state index contributed by atoms with van der Waals surface area (Å²) < 4.78 is 5.62. The maximum absolute atomic E-state index is 12.2. The first-order valence-corrected chi connectivity index (χ1v) is 6.24. The van der Waals surface area contributed by atoms with Gasteiger partial charge in [-0.15, -0.1) is 0 Å². The standard InChI is InChI=1S/C15H14N2O2/c18-15(17-13-5-3-7-16-9-13)12-8-11-4-1-2-6-14(11)19-10-12/h1-7,9,12H,8,10H2,(H,17,18). The van der Waals surface area contributed by atoms with Crippen LogP contribution in [0.15, 0.2) is 48.8 Å². The summed E-state index contributed by atoms with van der Waals surface area (Å²) in [5.41, 5.74) is 1.80. The molecule has 0 radical (unpaired) electrons. The minimum Gasteiger partial charge on any atom is -0.492 e. The summed E-state index contributed by atoms with van der Waals surface area (Å²) in [5.74, 6) is 0.700. The molecule has 0 spiro atoms. The fraction of sp³-hybridized carbons (Fsp3) is 0.200. The molecule has 0 bridgehead atoms. The van der Waals surface area contributed by atoms with Gasteiger partial charge in [0.2, 0.25) is 5.91 Å². The summed E-state index contributed by atoms with van der Waals surface area (Å²) in [6, 6.07) is 11.5. The highest BCUT2D eigenvalue weighted by atomic mass is 16.5. The molecule has 4 nitrogen and oxygen atoms in total. The number of hydrogen-bond donors (Lipinski definition) is 1. The molecule has 1 aliphatic rings. The van der Waals surface area contributed by atoms with Gasteiger partial charge in [0, 0.05) is 6.20 Å². The van der Waals surface area contributed by atoms with E-state index < -0.39 is 0 Å². The molecule has 2 aromatic rings. The van der Waals surface area contributed by atoms with Crippen LogP contribution in [0, 0.1) is 5.92 Å². The first kappa shape index (κ1) is 11.7. The van der Waals surface area contributed by atoms with Crippen molar-refractivity contribution in [3.8, 4) is 5.75 Å². The lowest BCUT2D eigenvalue weighted by Crippen LogP contribution is -2.32. The van der Waals surface area contributed by atoms with Gasteiger partial charge in [-0.25, -0.2) is 0 Å². The van der Waals surface area contributed by atoms with E-state index >= 15 is 0 Å². The van der Waals surface area contributed by atoms with Gasteiger partial charge >= 0.3 is 0 Å². The zero-order valence-corrected chi connectivity index (χ0v) is 10.4. The van der Waals surface area contributed by atoms with Crippen LogP contribution < -0.4 is 10.1 Å². The molecule has 1 aliphatic heterocycles. The third kappa shape index (κ3) is 2.57. The predicted molar refractivity (Wildman–Crippen MR) is 72.0 cm³/mol. The Morgan fingerprint density at radius 1 is 1.26 bits per heavy atom. The highest BCUT2D eigenvalue weighted by molar-refractivity contribution is 5.92. The lowest BCUT2D eigenvalue weighted by Gasteiger charge is -2.24. The van der Waals surface area contributed by atoms with E-state index in [1.165, 1.54) is 0 Å². The number of rotatable bonds is 2. The molecule has 0 aliphatic carbocycles. The van der Waals surface area contributed by atoms with Gasteiger partial charge in [0.05, 0.1) is 17.8 Å². The topological polar surface area (TPSA) is 51.2 Å². The third-order valence-corrected chi connectivity index (χ3v) is 3.18. The highest BCUT2D eigenvalue weighted by Gasteiger charge is 2.25. The normalized spacial score (nSPS) is 17.2. The van der Waals surface area contributed by atoms with Gasteiger partial charge in [-0.05, 0) is 30.2 Å². The van der Waals surface area contributed by atoms with Gasteiger partial charge in [-0.1, -0.05) is 18.2 Å². The molecule has 1 aromatic heterocycles. The van der Waals surface area contributed by atoms with Crippen LogP contribution in [-0.2, 0) is 11.2 Å². The molecule has 0 saturated heterocycles. The molecule has 1 atom stereocenters. The van der Waals surface area contributed by atoms with E-state index in [0.717, 1.165) is 11.3 Å². The van der Waals surface area contributed by atoms with E-state index in [1.54, 1.807) is 18.5 Å². The predicted octanol–water partition coefficient (Wildman–Crippen LogP) is 2.27. The second-order valence-electron chi connectivity index (χ2n) is 4.55. The van der Waals surface area contributed by atoms with Crippen molar-refractivity contribution < 1.29 is 9.53 Å². The highest BCUT2D eigenvalue weighted by Crippen LogP contribution is 2.27. The molecule has 19 heavy (non-hydrogen) atoms. The van der Waals surface area contributed by atoms with E-state index in [4.69, 9.17) is 4.74 Å². The Hall–Kier alpha value is -2.36. The second-order valence-corrected chi connectivity index (χ2v) is 4.55. The Labute approximate surface area is 111 Å². The van der Waals surface area contributed by atoms with Crippen LogP contribution in [0.4, 0.5) is 5.69 Å². The molecule has 1 aromatic carbocycles. The number of nitrogens with one attached hydrogen (secondary N) is 1. The van der Waals surface area contributed by atoms with Crippen molar-refractivity contribution in [2.24, 2.45) is 5.92 Å². The molecular weight excluding hydrogens is 240 g/mol. The number of benzene rings is 1. The van der Waals surface area contributed by atoms with Gasteiger partial charge in [-0.3, -0.25) is 9.78 Å². The van der Waals surface area contributed by atoms with Crippen LogP contribution in [0.2, 0.25) is 0 Å². The maximum Gasteiger partial charge on any atom is 0.231 e. The molecule has 2 heterocycles. The van der Waals surface area contributed by atoms with Crippen molar-refractivity contribution in [3.05, 3.63) is 54.4 Å². The second kappa shape index (κ2) is 5.10. The first-order valence-electron chi connectivity index (χ1n) is 6.24. The zero-order valence-electron chi connectivity index (χ0n) is 10.4. The lowest BCUT2D eigenvalue weighted by atomic mass is 9.96. The average molecular weight is 254 g/mol. The van der Waals surface area contributed by atoms with Crippen molar-refractivity contribution in [2.75, 3.05) is 11.9 Å². The smallest absolute Gasteiger partial charge is 0.231 e. The van der Waals surface area contributed by atoms with Gasteiger partial charge in [0.25, 0.3) is 0 Å². The number of nitrogens with zero attached hydrogens (tertiary/aromatic N) is 1. The van der Waals surface area contributed by atoms with Crippen LogP contribution in [0.1, 0.15) is 5.56 Å². The largest absolute Gasteiger partial charge is 0.492 e. The van der Waals surface area contributed by atoms with E-state index in [-0.39, 0.29) is 11.8 Å². The van der Waals surface area contributed by atoms with Crippen molar-refractivity contribution in [1.29, 1.82) is 0 Å². The van der Waals surface area contributed by atoms with Crippen LogP contribution in [0.3, 0.4) is 0 Å². The fourth-order valence-electron chi connectivity index (χ4n) is 2.18. The number of pyridine rings is 1. The van der Waals surface area contributed by atoms with Crippen LogP contribution >= 0.6 is 0 Å². The van der Waals surface area contributed by atoms with Gasteiger partial charge in [-0.2, -0.15) is 0 Å². The van der Waals surface area contributed by atoms with E-state index in [9.17, 15) is 4.79 Å². The Morgan fingerprint density at radius 3 is 3.00 bits per heavy atom. The number of anilines is 1. The van der Waals surface area contributed by atoms with Crippen LogP contribution in [0.5, 0.6) is 5.75 Å². The van der Waals surface area contributed by atoms with Gasteiger partial charge < -0.3 is 10.1 Å². The summed E-state index contributed by atoms with van der Waals surface area (Å²) >= 11 is 0.